The molecule has 2 aliphatic heterocycles. The van der Waals surface area contributed by atoms with E-state index in [1.54, 1.807) is 10.9 Å². The number of anilines is 2. The Balaban J connectivity index is 0.00000252. The highest BCUT2D eigenvalue weighted by atomic mass is 35.5. The molecule has 12 nitrogen and oxygen atoms in total. The van der Waals surface area contributed by atoms with Crippen LogP contribution in [0.3, 0.4) is 0 Å². The van der Waals surface area contributed by atoms with Crippen LogP contribution in [0.15, 0.2) is 90.5 Å². The van der Waals surface area contributed by atoms with Crippen LogP contribution in [0.4, 0.5) is 20.2 Å². The number of aromatic nitrogens is 6. The number of rotatable bonds is 11. The highest BCUT2D eigenvalue weighted by molar-refractivity contribution is 5.85. The lowest BCUT2D eigenvalue weighted by molar-refractivity contribution is -0.192. The number of benzene rings is 3. The molecule has 0 aliphatic carbocycles. The van der Waals surface area contributed by atoms with Crippen LogP contribution in [0.5, 0.6) is 5.75 Å². The summed E-state index contributed by atoms with van der Waals surface area (Å²) in [6, 6.07) is 19.3. The molecule has 4 heterocycles. The highest BCUT2D eigenvalue weighted by Crippen LogP contribution is 2.38. The quantitative estimate of drug-likeness (QED) is 0.176. The molecule has 272 valence electrons. The van der Waals surface area contributed by atoms with E-state index in [0.29, 0.717) is 5.75 Å². The third-order valence-corrected chi connectivity index (χ3v) is 9.15. The van der Waals surface area contributed by atoms with Gasteiger partial charge in [-0.05, 0) is 74.0 Å². The Kier molecular flexibility index (Phi) is 12.0. The standard InChI is InChI=1S/C35H38F2N8O4.2ClH/c1-3-25(2)45-34(46)44(24-40-45)29-7-5-27(6-8-29)41-14-16-42(17-15-41)28-9-11-30(12-10-28)47-19-31-20-48-35(49-31,21-43-23-38-22-39-43)32-13-4-26(36)18-33(32)37;;/h4-13,18,22-25,31H,3,14-17,19-21H2,1-2H3;2*1H/t25?,31-,35-;;/m0../s1. The first-order valence-corrected chi connectivity index (χ1v) is 16.4. The second-order valence-electron chi connectivity index (χ2n) is 12.3. The fourth-order valence-electron chi connectivity index (χ4n) is 6.24. The molecular weight excluding hydrogens is 705 g/mol. The second kappa shape index (κ2) is 16.2. The van der Waals surface area contributed by atoms with Crippen LogP contribution in [0.1, 0.15) is 31.9 Å². The van der Waals surface area contributed by atoms with Crippen molar-refractivity contribution in [3.8, 4) is 11.4 Å². The molecule has 0 radical (unpaired) electrons. The average molecular weight is 746 g/mol. The topological polar surface area (TPSA) is 105 Å². The maximum Gasteiger partial charge on any atom is 0.350 e. The summed E-state index contributed by atoms with van der Waals surface area (Å²) in [6.07, 6.45) is 4.77. The van der Waals surface area contributed by atoms with Gasteiger partial charge in [0.05, 0.1) is 18.3 Å². The smallest absolute Gasteiger partial charge is 0.350 e. The van der Waals surface area contributed by atoms with Crippen molar-refractivity contribution in [3.63, 3.8) is 0 Å². The zero-order valence-electron chi connectivity index (χ0n) is 28.2. The van der Waals surface area contributed by atoms with Crippen molar-refractivity contribution in [3.05, 3.63) is 113 Å². The van der Waals surface area contributed by atoms with E-state index >= 15 is 0 Å². The Bertz CT molecular complexity index is 1920. The van der Waals surface area contributed by atoms with Gasteiger partial charge >= 0.3 is 5.69 Å². The van der Waals surface area contributed by atoms with Crippen molar-refractivity contribution in [1.29, 1.82) is 0 Å². The molecule has 2 aliphatic rings. The molecule has 0 saturated carbocycles. The minimum Gasteiger partial charge on any atom is -0.491 e. The third kappa shape index (κ3) is 8.04. The zero-order chi connectivity index (χ0) is 34.0. The Hall–Kier alpha value is -4.50. The largest absolute Gasteiger partial charge is 0.491 e. The summed E-state index contributed by atoms with van der Waals surface area (Å²) in [5, 5.41) is 8.39. The van der Waals surface area contributed by atoms with Gasteiger partial charge in [0.25, 0.3) is 0 Å². The first kappa shape index (κ1) is 37.7. The minimum absolute atomic E-state index is 0. The molecule has 3 atom stereocenters. The first-order chi connectivity index (χ1) is 23.8. The SMILES string of the molecule is CCC(C)n1ncn(-c2ccc(N3CCN(c4ccc(OC[C@H]5CO[C@](Cn6cncn6)(c6ccc(F)cc6F)O5)cc4)CC3)cc2)c1=O.Cl.Cl. The Morgan fingerprint density at radius 3 is 2.16 bits per heavy atom. The summed E-state index contributed by atoms with van der Waals surface area (Å²) >= 11 is 0. The van der Waals surface area contributed by atoms with Gasteiger partial charge in [-0.3, -0.25) is 0 Å². The molecule has 1 unspecified atom stereocenters. The average Bonchev–Trinajstić information content (AvgIpc) is 3.88. The summed E-state index contributed by atoms with van der Waals surface area (Å²) in [6.45, 7) is 7.80. The summed E-state index contributed by atoms with van der Waals surface area (Å²) in [4.78, 5) is 21.4. The van der Waals surface area contributed by atoms with E-state index in [0.717, 1.165) is 55.7 Å². The van der Waals surface area contributed by atoms with Crippen molar-refractivity contribution in [2.75, 3.05) is 49.2 Å². The van der Waals surface area contributed by atoms with Crippen molar-refractivity contribution in [2.24, 2.45) is 0 Å². The number of piperazine rings is 1. The van der Waals surface area contributed by atoms with Crippen LogP contribution in [-0.4, -0.2) is 74.6 Å². The molecule has 16 heteroatoms. The maximum atomic E-state index is 14.9. The lowest BCUT2D eigenvalue weighted by atomic mass is 10.0. The van der Waals surface area contributed by atoms with Crippen molar-refractivity contribution in [2.45, 2.75) is 44.7 Å². The molecule has 0 amide bonds. The second-order valence-corrected chi connectivity index (χ2v) is 12.3. The number of hydrogen-bond donors (Lipinski definition) is 0. The zero-order valence-corrected chi connectivity index (χ0v) is 29.8. The number of halogens is 4. The van der Waals surface area contributed by atoms with E-state index in [2.05, 4.69) is 37.1 Å². The summed E-state index contributed by atoms with van der Waals surface area (Å²) in [5.41, 5.74) is 2.95. The van der Waals surface area contributed by atoms with E-state index in [4.69, 9.17) is 14.2 Å². The summed E-state index contributed by atoms with van der Waals surface area (Å²) in [7, 11) is 0. The molecule has 2 fully saturated rings. The molecular formula is C35H40Cl2F2N8O4. The fourth-order valence-corrected chi connectivity index (χ4v) is 6.24. The van der Waals surface area contributed by atoms with Crippen LogP contribution < -0.4 is 20.2 Å². The van der Waals surface area contributed by atoms with Gasteiger partial charge in [0.15, 0.2) is 0 Å². The predicted octanol–water partition coefficient (Wildman–Crippen LogP) is 5.39. The summed E-state index contributed by atoms with van der Waals surface area (Å²) < 4.78 is 51.4. The molecule has 7 rings (SSSR count). The van der Waals surface area contributed by atoms with E-state index in [1.165, 1.54) is 34.2 Å². The number of hydrogen-bond acceptors (Lipinski definition) is 9. The van der Waals surface area contributed by atoms with Crippen molar-refractivity contribution >= 4 is 36.2 Å². The van der Waals surface area contributed by atoms with Gasteiger partial charge in [-0.1, -0.05) is 6.92 Å². The monoisotopic (exact) mass is 744 g/mol. The Labute approximate surface area is 306 Å². The lowest BCUT2D eigenvalue weighted by Crippen LogP contribution is -2.46. The van der Waals surface area contributed by atoms with Crippen molar-refractivity contribution in [1.82, 2.24) is 29.1 Å². The maximum absolute atomic E-state index is 14.9. The van der Waals surface area contributed by atoms with Crippen LogP contribution >= 0.6 is 24.8 Å². The number of nitrogens with zero attached hydrogens (tertiary/aromatic N) is 8. The van der Waals surface area contributed by atoms with Crippen LogP contribution in [0, 0.1) is 11.6 Å². The van der Waals surface area contributed by atoms with Gasteiger partial charge < -0.3 is 24.0 Å². The van der Waals surface area contributed by atoms with Crippen molar-refractivity contribution < 1.29 is 23.0 Å². The van der Waals surface area contributed by atoms with Crippen LogP contribution in [0.25, 0.3) is 5.69 Å². The van der Waals surface area contributed by atoms with E-state index in [1.807, 2.05) is 50.2 Å². The van der Waals surface area contributed by atoms with Crippen LogP contribution in [0.2, 0.25) is 0 Å². The minimum atomic E-state index is -1.51. The van der Waals surface area contributed by atoms with Gasteiger partial charge in [-0.15, -0.1) is 24.8 Å². The van der Waals surface area contributed by atoms with E-state index < -0.39 is 23.5 Å². The normalized spacial score (nSPS) is 19.3. The van der Waals surface area contributed by atoms with Gasteiger partial charge in [-0.2, -0.15) is 10.2 Å². The molecule has 2 aromatic heterocycles. The molecule has 3 aromatic carbocycles. The first-order valence-electron chi connectivity index (χ1n) is 16.4. The fraction of sp³-hybridized carbons (Fsp3) is 0.371. The predicted molar refractivity (Wildman–Crippen MR) is 193 cm³/mol. The summed E-state index contributed by atoms with van der Waals surface area (Å²) in [5.74, 6) is -2.30. The van der Waals surface area contributed by atoms with Crippen LogP contribution in [-0.2, 0) is 21.8 Å². The molecule has 2 saturated heterocycles. The number of ether oxygens (including phenoxy) is 3. The van der Waals surface area contributed by atoms with Gasteiger partial charge in [-0.25, -0.2) is 32.5 Å². The Morgan fingerprint density at radius 2 is 1.55 bits per heavy atom. The van der Waals surface area contributed by atoms with Gasteiger partial charge in [0, 0.05) is 49.2 Å². The van der Waals surface area contributed by atoms with Gasteiger partial charge in [0.1, 0.15) is 55.6 Å². The highest BCUT2D eigenvalue weighted by Gasteiger charge is 2.46. The van der Waals surface area contributed by atoms with E-state index in [9.17, 15) is 13.6 Å². The third-order valence-electron chi connectivity index (χ3n) is 9.15. The lowest BCUT2D eigenvalue weighted by Gasteiger charge is -2.37. The molecule has 51 heavy (non-hydrogen) atoms. The van der Waals surface area contributed by atoms with Gasteiger partial charge in [0.2, 0.25) is 5.79 Å². The molecule has 5 aromatic rings. The Morgan fingerprint density at radius 1 is 0.902 bits per heavy atom. The molecule has 0 bridgehead atoms. The molecule has 0 spiro atoms. The molecule has 0 N–H and O–H groups in total. The van der Waals surface area contributed by atoms with E-state index in [-0.39, 0.29) is 61.9 Å².